The van der Waals surface area contributed by atoms with Crippen LogP contribution in [-0.4, -0.2) is 16.8 Å². The molecule has 0 atom stereocenters. The number of nitro benzene ring substituents is 1. The lowest BCUT2D eigenvalue weighted by Crippen LogP contribution is -2.04. The lowest BCUT2D eigenvalue weighted by atomic mass is 10.1. The number of benzene rings is 2. The zero-order valence-electron chi connectivity index (χ0n) is 12.9. The van der Waals surface area contributed by atoms with Crippen molar-refractivity contribution in [3.8, 4) is 28.6 Å². The zero-order chi connectivity index (χ0) is 17.7. The van der Waals surface area contributed by atoms with Crippen molar-refractivity contribution in [2.45, 2.75) is 6.92 Å². The van der Waals surface area contributed by atoms with Gasteiger partial charge in [-0.2, -0.15) is 0 Å². The maximum absolute atomic E-state index is 12.5. The molecule has 4 rings (SSSR count). The van der Waals surface area contributed by atoms with Gasteiger partial charge >= 0.3 is 0 Å². The molecule has 1 aliphatic heterocycles. The summed E-state index contributed by atoms with van der Waals surface area (Å²) < 4.78 is 16.2. The number of aromatic hydroxyl groups is 1. The van der Waals surface area contributed by atoms with Gasteiger partial charge in [-0.1, -0.05) is 0 Å². The fourth-order valence-corrected chi connectivity index (χ4v) is 2.80. The molecule has 1 aliphatic rings. The molecule has 126 valence electrons. The van der Waals surface area contributed by atoms with Gasteiger partial charge in [0, 0.05) is 11.6 Å². The second-order valence-corrected chi connectivity index (χ2v) is 5.52. The van der Waals surface area contributed by atoms with Crippen LogP contribution in [0.5, 0.6) is 17.2 Å². The molecule has 2 heterocycles. The van der Waals surface area contributed by atoms with Crippen LogP contribution in [0.1, 0.15) is 5.56 Å². The van der Waals surface area contributed by atoms with Crippen LogP contribution in [0, 0.1) is 17.0 Å². The van der Waals surface area contributed by atoms with Crippen LogP contribution in [-0.2, 0) is 0 Å². The van der Waals surface area contributed by atoms with Crippen LogP contribution in [0.25, 0.3) is 22.3 Å². The molecule has 0 bridgehead atoms. The number of hydrogen-bond donors (Lipinski definition) is 1. The molecule has 1 N–H and O–H groups in total. The summed E-state index contributed by atoms with van der Waals surface area (Å²) in [7, 11) is 0. The Hall–Kier alpha value is -3.55. The minimum atomic E-state index is -0.660. The third-order valence-corrected chi connectivity index (χ3v) is 4.09. The van der Waals surface area contributed by atoms with Crippen molar-refractivity contribution in [3.63, 3.8) is 0 Å². The number of hydrogen-bond acceptors (Lipinski definition) is 7. The Labute approximate surface area is 140 Å². The van der Waals surface area contributed by atoms with Gasteiger partial charge < -0.3 is 19.0 Å². The van der Waals surface area contributed by atoms with Gasteiger partial charge in [-0.15, -0.1) is 0 Å². The third kappa shape index (κ3) is 2.18. The molecule has 0 unspecified atom stereocenters. The molecule has 0 aliphatic carbocycles. The van der Waals surface area contributed by atoms with E-state index in [2.05, 4.69) is 0 Å². The summed E-state index contributed by atoms with van der Waals surface area (Å²) in [6.07, 6.45) is 0. The lowest BCUT2D eigenvalue weighted by molar-refractivity contribution is -0.385. The Morgan fingerprint density at radius 2 is 1.92 bits per heavy atom. The molecular formula is C17H11NO7. The molecule has 0 saturated carbocycles. The van der Waals surface area contributed by atoms with Gasteiger partial charge in [0.15, 0.2) is 17.3 Å². The first-order chi connectivity index (χ1) is 12.0. The first-order valence-electron chi connectivity index (χ1n) is 7.31. The average molecular weight is 341 g/mol. The Bertz CT molecular complexity index is 1100. The SMILES string of the molecule is Cc1c([N+](=O)[O-])ccc2c(=O)c(O)c(-c3ccc4c(c3)OCO4)oc12. The van der Waals surface area contributed by atoms with E-state index in [1.54, 1.807) is 18.2 Å². The fraction of sp³-hybridized carbons (Fsp3) is 0.118. The fourth-order valence-electron chi connectivity index (χ4n) is 2.80. The molecule has 8 nitrogen and oxygen atoms in total. The summed E-state index contributed by atoms with van der Waals surface area (Å²) >= 11 is 0. The van der Waals surface area contributed by atoms with Crippen LogP contribution in [0.15, 0.2) is 39.5 Å². The standard InChI is InChI=1S/C17H11NO7/c1-8-11(18(21)22)4-3-10-14(19)15(20)17(25-16(8)10)9-2-5-12-13(6-9)24-7-23-12/h2-6,20H,7H2,1H3. The van der Waals surface area contributed by atoms with Crippen LogP contribution in [0.3, 0.4) is 0 Å². The van der Waals surface area contributed by atoms with Gasteiger partial charge in [-0.05, 0) is 31.2 Å². The summed E-state index contributed by atoms with van der Waals surface area (Å²) in [6, 6.07) is 7.29. The Balaban J connectivity index is 2.01. The van der Waals surface area contributed by atoms with Crippen molar-refractivity contribution in [2.75, 3.05) is 6.79 Å². The van der Waals surface area contributed by atoms with Crippen molar-refractivity contribution in [2.24, 2.45) is 0 Å². The van der Waals surface area contributed by atoms with Gasteiger partial charge in [0.1, 0.15) is 5.58 Å². The summed E-state index contributed by atoms with van der Waals surface area (Å²) in [5.41, 5.74) is -0.164. The zero-order valence-corrected chi connectivity index (χ0v) is 12.9. The van der Waals surface area contributed by atoms with E-state index < -0.39 is 16.1 Å². The van der Waals surface area contributed by atoms with E-state index in [0.717, 1.165) is 0 Å². The maximum atomic E-state index is 12.5. The second-order valence-electron chi connectivity index (χ2n) is 5.52. The first-order valence-corrected chi connectivity index (χ1v) is 7.31. The van der Waals surface area contributed by atoms with E-state index in [1.807, 2.05) is 0 Å². The molecular weight excluding hydrogens is 330 g/mol. The monoisotopic (exact) mass is 341 g/mol. The molecule has 0 saturated heterocycles. The Morgan fingerprint density at radius 3 is 2.68 bits per heavy atom. The Kier molecular flexibility index (Phi) is 3.14. The highest BCUT2D eigenvalue weighted by atomic mass is 16.7. The van der Waals surface area contributed by atoms with Crippen molar-refractivity contribution in [1.29, 1.82) is 0 Å². The second kappa shape index (κ2) is 5.23. The molecule has 3 aromatic rings. The molecule has 0 radical (unpaired) electrons. The van der Waals surface area contributed by atoms with Gasteiger partial charge in [0.05, 0.1) is 15.9 Å². The van der Waals surface area contributed by atoms with Crippen molar-refractivity contribution < 1.29 is 23.9 Å². The predicted molar refractivity (Wildman–Crippen MR) is 87.1 cm³/mol. The first kappa shape index (κ1) is 15.0. The number of ether oxygens (including phenoxy) is 2. The van der Waals surface area contributed by atoms with E-state index in [1.165, 1.54) is 19.1 Å². The smallest absolute Gasteiger partial charge is 0.276 e. The largest absolute Gasteiger partial charge is 0.502 e. The minimum absolute atomic E-state index is 0.0599. The average Bonchev–Trinajstić information content (AvgIpc) is 3.06. The van der Waals surface area contributed by atoms with Crippen LogP contribution >= 0.6 is 0 Å². The number of nitro groups is 1. The maximum Gasteiger partial charge on any atom is 0.276 e. The van der Waals surface area contributed by atoms with E-state index in [9.17, 15) is 20.0 Å². The van der Waals surface area contributed by atoms with Crippen LogP contribution < -0.4 is 14.9 Å². The normalized spacial score (nSPS) is 12.5. The molecule has 0 fully saturated rings. The Morgan fingerprint density at radius 1 is 1.16 bits per heavy atom. The highest BCUT2D eigenvalue weighted by molar-refractivity contribution is 5.86. The number of aryl methyl sites for hydroxylation is 1. The van der Waals surface area contributed by atoms with E-state index in [0.29, 0.717) is 17.1 Å². The molecule has 2 aromatic carbocycles. The quantitative estimate of drug-likeness (QED) is 0.563. The van der Waals surface area contributed by atoms with Crippen LogP contribution in [0.2, 0.25) is 0 Å². The van der Waals surface area contributed by atoms with Crippen molar-refractivity contribution in [3.05, 3.63) is 56.2 Å². The van der Waals surface area contributed by atoms with Crippen LogP contribution in [0.4, 0.5) is 5.69 Å². The lowest BCUT2D eigenvalue weighted by Gasteiger charge is -2.08. The molecule has 25 heavy (non-hydrogen) atoms. The topological polar surface area (TPSA) is 112 Å². The van der Waals surface area contributed by atoms with E-state index in [-0.39, 0.29) is 34.8 Å². The van der Waals surface area contributed by atoms with E-state index in [4.69, 9.17) is 13.9 Å². The van der Waals surface area contributed by atoms with Crippen molar-refractivity contribution in [1.82, 2.24) is 0 Å². The molecule has 8 heteroatoms. The highest BCUT2D eigenvalue weighted by Gasteiger charge is 2.23. The molecule has 0 amide bonds. The van der Waals surface area contributed by atoms with Crippen molar-refractivity contribution >= 4 is 16.7 Å². The number of fused-ring (bicyclic) bond motifs is 2. The van der Waals surface area contributed by atoms with E-state index >= 15 is 0 Å². The summed E-state index contributed by atoms with van der Waals surface area (Å²) in [5, 5.41) is 21.4. The van der Waals surface area contributed by atoms with Gasteiger partial charge in [0.2, 0.25) is 18.0 Å². The summed E-state index contributed by atoms with van der Waals surface area (Å²) in [6.45, 7) is 1.57. The number of nitrogens with zero attached hydrogens (tertiary/aromatic N) is 1. The highest BCUT2D eigenvalue weighted by Crippen LogP contribution is 2.39. The minimum Gasteiger partial charge on any atom is -0.502 e. The molecule has 1 aromatic heterocycles. The van der Waals surface area contributed by atoms with Gasteiger partial charge in [-0.3, -0.25) is 14.9 Å². The third-order valence-electron chi connectivity index (χ3n) is 4.09. The summed E-state index contributed by atoms with van der Waals surface area (Å²) in [5.74, 6) is 0.340. The summed E-state index contributed by atoms with van der Waals surface area (Å²) in [4.78, 5) is 23.0. The van der Waals surface area contributed by atoms with Gasteiger partial charge in [0.25, 0.3) is 5.69 Å². The molecule has 0 spiro atoms. The van der Waals surface area contributed by atoms with Gasteiger partial charge in [-0.25, -0.2) is 0 Å². The predicted octanol–water partition coefficient (Wildman–Crippen LogP) is 3.11. The number of rotatable bonds is 2.